The monoisotopic (exact) mass is 416 g/mol. The fraction of sp³-hybridized carbons (Fsp3) is 0.286. The summed E-state index contributed by atoms with van der Waals surface area (Å²) in [7, 11) is 3.77. The Morgan fingerprint density at radius 2 is 2.00 bits per heavy atom. The molecule has 152 valence electrons. The lowest BCUT2D eigenvalue weighted by atomic mass is 10.1. The van der Waals surface area contributed by atoms with E-state index < -0.39 is 0 Å². The SMILES string of the molecule is CN(C)C(CNC(=O)CCc1nc(-c2ccc(Cl)cc2)no1)c1cccc(F)c1. The third kappa shape index (κ3) is 5.85. The summed E-state index contributed by atoms with van der Waals surface area (Å²) in [4.78, 5) is 18.5. The molecule has 1 unspecified atom stereocenters. The Balaban J connectivity index is 1.52. The number of aryl methyl sites for hydroxylation is 1. The zero-order valence-electron chi connectivity index (χ0n) is 16.2. The second-order valence-corrected chi connectivity index (χ2v) is 7.29. The van der Waals surface area contributed by atoms with Crippen LogP contribution in [0, 0.1) is 5.82 Å². The molecule has 1 N–H and O–H groups in total. The standard InChI is InChI=1S/C21H22ClFN4O2/c1-27(2)18(15-4-3-5-17(23)12-15)13-24-19(28)10-11-20-25-21(26-29-20)14-6-8-16(22)9-7-14/h3-9,12,18H,10-11,13H2,1-2H3,(H,24,28). The van der Waals surface area contributed by atoms with Crippen LogP contribution in [-0.4, -0.2) is 41.6 Å². The van der Waals surface area contributed by atoms with E-state index in [1.54, 1.807) is 30.3 Å². The van der Waals surface area contributed by atoms with E-state index in [4.69, 9.17) is 16.1 Å². The van der Waals surface area contributed by atoms with Crippen molar-refractivity contribution in [2.45, 2.75) is 18.9 Å². The first kappa shape index (κ1) is 21.0. The van der Waals surface area contributed by atoms with Crippen LogP contribution in [0.3, 0.4) is 0 Å². The van der Waals surface area contributed by atoms with E-state index in [9.17, 15) is 9.18 Å². The van der Waals surface area contributed by atoms with Crippen molar-refractivity contribution in [2.24, 2.45) is 0 Å². The average Bonchev–Trinajstić information content (AvgIpc) is 3.16. The highest BCUT2D eigenvalue weighted by Crippen LogP contribution is 2.20. The van der Waals surface area contributed by atoms with Gasteiger partial charge in [0.1, 0.15) is 5.82 Å². The summed E-state index contributed by atoms with van der Waals surface area (Å²) in [5, 5.41) is 7.45. The number of nitrogens with zero attached hydrogens (tertiary/aromatic N) is 3. The normalized spacial score (nSPS) is 12.2. The molecule has 0 aliphatic carbocycles. The Labute approximate surface area is 173 Å². The van der Waals surface area contributed by atoms with E-state index in [1.807, 2.05) is 25.1 Å². The van der Waals surface area contributed by atoms with Crippen molar-refractivity contribution < 1.29 is 13.7 Å². The molecule has 0 saturated heterocycles. The number of nitrogens with one attached hydrogen (secondary N) is 1. The molecule has 2 aromatic carbocycles. The third-order valence-corrected chi connectivity index (χ3v) is 4.74. The van der Waals surface area contributed by atoms with Crippen molar-refractivity contribution in [3.05, 3.63) is 70.8 Å². The Bertz CT molecular complexity index is 959. The summed E-state index contributed by atoms with van der Waals surface area (Å²) in [5.74, 6) is 0.406. The van der Waals surface area contributed by atoms with Gasteiger partial charge in [0.25, 0.3) is 0 Å². The summed E-state index contributed by atoms with van der Waals surface area (Å²) < 4.78 is 18.7. The maximum absolute atomic E-state index is 13.5. The van der Waals surface area contributed by atoms with Crippen molar-refractivity contribution in [3.63, 3.8) is 0 Å². The molecule has 0 saturated carbocycles. The van der Waals surface area contributed by atoms with Gasteiger partial charge >= 0.3 is 0 Å². The molecule has 1 aromatic heterocycles. The molecule has 29 heavy (non-hydrogen) atoms. The number of hydrogen-bond acceptors (Lipinski definition) is 5. The van der Waals surface area contributed by atoms with Crippen LogP contribution in [0.15, 0.2) is 53.1 Å². The first-order valence-electron chi connectivity index (χ1n) is 9.19. The lowest BCUT2D eigenvalue weighted by molar-refractivity contribution is -0.121. The topological polar surface area (TPSA) is 71.3 Å². The highest BCUT2D eigenvalue weighted by atomic mass is 35.5. The largest absolute Gasteiger partial charge is 0.354 e. The fourth-order valence-electron chi connectivity index (χ4n) is 2.90. The Hall–Kier alpha value is -2.77. The quantitative estimate of drug-likeness (QED) is 0.603. The van der Waals surface area contributed by atoms with Crippen LogP contribution >= 0.6 is 11.6 Å². The molecule has 3 aromatic rings. The van der Waals surface area contributed by atoms with Crippen molar-refractivity contribution in [1.29, 1.82) is 0 Å². The molecular formula is C21H22ClFN4O2. The van der Waals surface area contributed by atoms with Crippen molar-refractivity contribution in [3.8, 4) is 11.4 Å². The van der Waals surface area contributed by atoms with Crippen molar-refractivity contribution in [2.75, 3.05) is 20.6 Å². The summed E-state index contributed by atoms with van der Waals surface area (Å²) in [6, 6.07) is 13.4. The fourth-order valence-corrected chi connectivity index (χ4v) is 3.03. The van der Waals surface area contributed by atoms with Gasteiger partial charge in [0.15, 0.2) is 0 Å². The van der Waals surface area contributed by atoms with Crippen LogP contribution in [0.4, 0.5) is 4.39 Å². The van der Waals surface area contributed by atoms with E-state index >= 15 is 0 Å². The number of benzene rings is 2. The zero-order chi connectivity index (χ0) is 20.8. The molecule has 8 heteroatoms. The van der Waals surface area contributed by atoms with Gasteiger partial charge in [-0.05, 0) is 56.1 Å². The molecule has 0 fully saturated rings. The number of rotatable bonds is 8. The summed E-state index contributed by atoms with van der Waals surface area (Å²) in [6.45, 7) is 0.370. The average molecular weight is 417 g/mol. The van der Waals surface area contributed by atoms with E-state index in [1.165, 1.54) is 12.1 Å². The number of amides is 1. The Kier molecular flexibility index (Phi) is 6.95. The van der Waals surface area contributed by atoms with E-state index in [2.05, 4.69) is 15.5 Å². The number of likely N-dealkylation sites (N-methyl/N-ethyl adjacent to an activating group) is 1. The van der Waals surface area contributed by atoms with Crippen molar-refractivity contribution in [1.82, 2.24) is 20.4 Å². The smallest absolute Gasteiger partial charge is 0.227 e. The van der Waals surface area contributed by atoms with Gasteiger partial charge in [0.05, 0.1) is 6.04 Å². The molecule has 0 bridgehead atoms. The first-order valence-corrected chi connectivity index (χ1v) is 9.57. The predicted molar refractivity (Wildman–Crippen MR) is 109 cm³/mol. The first-order chi connectivity index (χ1) is 13.9. The maximum atomic E-state index is 13.5. The molecule has 1 amide bonds. The molecule has 1 atom stereocenters. The molecule has 0 aliphatic rings. The highest BCUT2D eigenvalue weighted by Gasteiger charge is 2.16. The van der Waals surface area contributed by atoms with E-state index in [0.717, 1.165) is 11.1 Å². The lowest BCUT2D eigenvalue weighted by Crippen LogP contribution is -2.34. The van der Waals surface area contributed by atoms with Gasteiger partial charge < -0.3 is 14.7 Å². The van der Waals surface area contributed by atoms with Gasteiger partial charge in [-0.3, -0.25) is 4.79 Å². The van der Waals surface area contributed by atoms with E-state index in [0.29, 0.717) is 29.7 Å². The minimum absolute atomic E-state index is 0.130. The van der Waals surface area contributed by atoms with Gasteiger partial charge in [0.2, 0.25) is 17.6 Å². The van der Waals surface area contributed by atoms with Crippen LogP contribution in [0.1, 0.15) is 23.9 Å². The van der Waals surface area contributed by atoms with E-state index in [-0.39, 0.29) is 24.2 Å². The number of carbonyl (C=O) groups is 1. The minimum Gasteiger partial charge on any atom is -0.354 e. The van der Waals surface area contributed by atoms with Crippen LogP contribution in [0.25, 0.3) is 11.4 Å². The third-order valence-electron chi connectivity index (χ3n) is 4.49. The molecular weight excluding hydrogens is 395 g/mol. The second-order valence-electron chi connectivity index (χ2n) is 6.86. The molecule has 1 heterocycles. The van der Waals surface area contributed by atoms with Gasteiger partial charge in [-0.2, -0.15) is 4.98 Å². The van der Waals surface area contributed by atoms with Gasteiger partial charge in [-0.25, -0.2) is 4.39 Å². The number of aromatic nitrogens is 2. The number of halogens is 2. The number of carbonyl (C=O) groups excluding carboxylic acids is 1. The summed E-state index contributed by atoms with van der Waals surface area (Å²) in [6.07, 6.45) is 0.546. The zero-order valence-corrected chi connectivity index (χ0v) is 17.0. The van der Waals surface area contributed by atoms with Gasteiger partial charge in [-0.15, -0.1) is 0 Å². The molecule has 0 aliphatic heterocycles. The summed E-state index contributed by atoms with van der Waals surface area (Å²) in [5.41, 5.74) is 1.59. The van der Waals surface area contributed by atoms with Gasteiger partial charge in [-0.1, -0.05) is 28.9 Å². The number of hydrogen-bond donors (Lipinski definition) is 1. The summed E-state index contributed by atoms with van der Waals surface area (Å²) >= 11 is 5.88. The van der Waals surface area contributed by atoms with Crippen molar-refractivity contribution >= 4 is 17.5 Å². The lowest BCUT2D eigenvalue weighted by Gasteiger charge is -2.25. The maximum Gasteiger partial charge on any atom is 0.227 e. The van der Waals surface area contributed by atoms with Crippen LogP contribution in [-0.2, 0) is 11.2 Å². The van der Waals surface area contributed by atoms with Crippen LogP contribution < -0.4 is 5.32 Å². The molecule has 3 rings (SSSR count). The molecule has 0 radical (unpaired) electrons. The second kappa shape index (κ2) is 9.62. The predicted octanol–water partition coefficient (Wildman–Crippen LogP) is 3.88. The highest BCUT2D eigenvalue weighted by molar-refractivity contribution is 6.30. The Morgan fingerprint density at radius 1 is 1.24 bits per heavy atom. The minimum atomic E-state index is -0.298. The molecule has 6 nitrogen and oxygen atoms in total. The van der Waals surface area contributed by atoms with Crippen LogP contribution in [0.5, 0.6) is 0 Å². The van der Waals surface area contributed by atoms with Crippen LogP contribution in [0.2, 0.25) is 5.02 Å². The Morgan fingerprint density at radius 3 is 2.69 bits per heavy atom. The molecule has 0 spiro atoms. The van der Waals surface area contributed by atoms with Gasteiger partial charge in [0, 0.05) is 30.0 Å².